The SMILES string of the molecule is O=C(O)c1ccc(CNC(=O)[C@H]2CCOC2)cc1. The van der Waals surface area contributed by atoms with Crippen molar-refractivity contribution in [3.8, 4) is 0 Å². The average Bonchev–Trinajstić information content (AvgIpc) is 2.90. The summed E-state index contributed by atoms with van der Waals surface area (Å²) in [5, 5.41) is 11.6. The lowest BCUT2D eigenvalue weighted by Crippen LogP contribution is -2.30. The molecule has 0 aliphatic carbocycles. The summed E-state index contributed by atoms with van der Waals surface area (Å²) in [5.74, 6) is -1.01. The Bertz CT molecular complexity index is 435. The maximum absolute atomic E-state index is 11.7. The van der Waals surface area contributed by atoms with Gasteiger partial charge in [0.15, 0.2) is 0 Å². The zero-order valence-corrected chi connectivity index (χ0v) is 9.89. The molecule has 1 heterocycles. The van der Waals surface area contributed by atoms with Crippen molar-refractivity contribution < 1.29 is 19.4 Å². The first kappa shape index (κ1) is 12.6. The zero-order valence-electron chi connectivity index (χ0n) is 9.89. The van der Waals surface area contributed by atoms with Crippen molar-refractivity contribution in [2.75, 3.05) is 13.2 Å². The second-order valence-corrected chi connectivity index (χ2v) is 4.28. The van der Waals surface area contributed by atoms with E-state index in [2.05, 4.69) is 5.32 Å². The summed E-state index contributed by atoms with van der Waals surface area (Å²) in [6.07, 6.45) is 0.768. The van der Waals surface area contributed by atoms with E-state index >= 15 is 0 Å². The molecule has 2 N–H and O–H groups in total. The summed E-state index contributed by atoms with van der Waals surface area (Å²) in [6.45, 7) is 1.55. The molecule has 1 fully saturated rings. The molecule has 0 unspecified atom stereocenters. The number of carboxylic acids is 1. The number of rotatable bonds is 4. The maximum atomic E-state index is 11.7. The van der Waals surface area contributed by atoms with Crippen LogP contribution in [0.25, 0.3) is 0 Å². The number of aromatic carboxylic acids is 1. The molecule has 0 spiro atoms. The highest BCUT2D eigenvalue weighted by Crippen LogP contribution is 2.12. The molecule has 0 bridgehead atoms. The third kappa shape index (κ3) is 3.07. The van der Waals surface area contributed by atoms with Gasteiger partial charge in [-0.1, -0.05) is 12.1 Å². The summed E-state index contributed by atoms with van der Waals surface area (Å²) in [4.78, 5) is 22.4. The first-order valence-electron chi connectivity index (χ1n) is 5.84. The van der Waals surface area contributed by atoms with E-state index < -0.39 is 5.97 Å². The van der Waals surface area contributed by atoms with Crippen LogP contribution in [0.2, 0.25) is 0 Å². The van der Waals surface area contributed by atoms with E-state index in [-0.39, 0.29) is 17.4 Å². The molecule has 1 aromatic rings. The molecular formula is C13H15NO4. The van der Waals surface area contributed by atoms with Crippen LogP contribution in [0.3, 0.4) is 0 Å². The Kier molecular flexibility index (Phi) is 3.94. The number of carbonyl (C=O) groups is 2. The van der Waals surface area contributed by atoms with Gasteiger partial charge in [0.25, 0.3) is 0 Å². The molecule has 1 aromatic carbocycles. The highest BCUT2D eigenvalue weighted by atomic mass is 16.5. The normalized spacial score (nSPS) is 18.6. The third-order valence-electron chi connectivity index (χ3n) is 2.97. The van der Waals surface area contributed by atoms with Gasteiger partial charge in [-0.15, -0.1) is 0 Å². The van der Waals surface area contributed by atoms with E-state index in [1.807, 2.05) is 0 Å². The van der Waals surface area contributed by atoms with Crippen molar-refractivity contribution in [2.24, 2.45) is 5.92 Å². The second kappa shape index (κ2) is 5.64. The standard InChI is InChI=1S/C13H15NO4/c15-12(11-5-6-18-8-11)14-7-9-1-3-10(4-2-9)13(16)17/h1-4,11H,5-8H2,(H,14,15)(H,16,17)/t11-/m0/s1. The van der Waals surface area contributed by atoms with Gasteiger partial charge in [-0.25, -0.2) is 4.79 Å². The van der Waals surface area contributed by atoms with Gasteiger partial charge in [0.2, 0.25) is 5.91 Å². The molecule has 2 rings (SSSR count). The van der Waals surface area contributed by atoms with E-state index in [4.69, 9.17) is 9.84 Å². The minimum Gasteiger partial charge on any atom is -0.478 e. The molecular weight excluding hydrogens is 234 g/mol. The lowest BCUT2D eigenvalue weighted by Gasteiger charge is -2.09. The zero-order chi connectivity index (χ0) is 13.0. The van der Waals surface area contributed by atoms with Crippen molar-refractivity contribution in [1.29, 1.82) is 0 Å². The molecule has 1 aliphatic rings. The minimum absolute atomic E-state index is 0.00480. The molecule has 5 heteroatoms. The lowest BCUT2D eigenvalue weighted by molar-refractivity contribution is -0.125. The molecule has 18 heavy (non-hydrogen) atoms. The average molecular weight is 249 g/mol. The van der Waals surface area contributed by atoms with Crippen LogP contribution in [0.15, 0.2) is 24.3 Å². The summed E-state index contributed by atoms with van der Waals surface area (Å²) in [7, 11) is 0. The first-order valence-corrected chi connectivity index (χ1v) is 5.84. The molecule has 1 atom stereocenters. The van der Waals surface area contributed by atoms with Crippen LogP contribution in [0.1, 0.15) is 22.3 Å². The topological polar surface area (TPSA) is 75.6 Å². The van der Waals surface area contributed by atoms with Gasteiger partial charge < -0.3 is 15.2 Å². The summed E-state index contributed by atoms with van der Waals surface area (Å²) in [5.41, 5.74) is 1.13. The van der Waals surface area contributed by atoms with E-state index in [0.29, 0.717) is 19.8 Å². The smallest absolute Gasteiger partial charge is 0.335 e. The third-order valence-corrected chi connectivity index (χ3v) is 2.97. The summed E-state index contributed by atoms with van der Waals surface area (Å²) < 4.78 is 5.15. The maximum Gasteiger partial charge on any atom is 0.335 e. The predicted molar refractivity (Wildman–Crippen MR) is 64.2 cm³/mol. The number of ether oxygens (including phenoxy) is 1. The molecule has 1 saturated heterocycles. The van der Waals surface area contributed by atoms with Crippen molar-refractivity contribution in [1.82, 2.24) is 5.32 Å². The van der Waals surface area contributed by atoms with E-state index in [0.717, 1.165) is 12.0 Å². The number of hydrogen-bond acceptors (Lipinski definition) is 3. The van der Waals surface area contributed by atoms with Crippen molar-refractivity contribution in [2.45, 2.75) is 13.0 Å². The van der Waals surface area contributed by atoms with Gasteiger partial charge in [-0.2, -0.15) is 0 Å². The lowest BCUT2D eigenvalue weighted by atomic mass is 10.1. The van der Waals surface area contributed by atoms with Crippen molar-refractivity contribution >= 4 is 11.9 Å². The molecule has 1 aliphatic heterocycles. The Balaban J connectivity index is 1.86. The number of nitrogens with one attached hydrogen (secondary N) is 1. The molecule has 5 nitrogen and oxygen atoms in total. The van der Waals surface area contributed by atoms with E-state index in [1.165, 1.54) is 12.1 Å². The van der Waals surface area contributed by atoms with Crippen LogP contribution in [-0.4, -0.2) is 30.2 Å². The van der Waals surface area contributed by atoms with Crippen LogP contribution in [-0.2, 0) is 16.1 Å². The highest BCUT2D eigenvalue weighted by Gasteiger charge is 2.22. The van der Waals surface area contributed by atoms with Gasteiger partial charge in [0.1, 0.15) is 0 Å². The molecule has 0 saturated carbocycles. The van der Waals surface area contributed by atoms with Gasteiger partial charge in [0, 0.05) is 13.2 Å². The van der Waals surface area contributed by atoms with Gasteiger partial charge in [-0.05, 0) is 24.1 Å². The van der Waals surface area contributed by atoms with Crippen LogP contribution >= 0.6 is 0 Å². The highest BCUT2D eigenvalue weighted by molar-refractivity contribution is 5.87. The quantitative estimate of drug-likeness (QED) is 0.836. The van der Waals surface area contributed by atoms with Crippen LogP contribution in [0.4, 0.5) is 0 Å². The predicted octanol–water partition coefficient (Wildman–Crippen LogP) is 1.04. The fraction of sp³-hybridized carbons (Fsp3) is 0.385. The number of carbonyl (C=O) groups excluding carboxylic acids is 1. The van der Waals surface area contributed by atoms with E-state index in [1.54, 1.807) is 12.1 Å². The van der Waals surface area contributed by atoms with Crippen molar-refractivity contribution in [3.63, 3.8) is 0 Å². The monoisotopic (exact) mass is 249 g/mol. The Morgan fingerprint density at radius 1 is 1.33 bits per heavy atom. The molecule has 1 amide bonds. The second-order valence-electron chi connectivity index (χ2n) is 4.28. The largest absolute Gasteiger partial charge is 0.478 e. The Hall–Kier alpha value is -1.88. The number of hydrogen-bond donors (Lipinski definition) is 2. The van der Waals surface area contributed by atoms with Crippen LogP contribution < -0.4 is 5.32 Å². The van der Waals surface area contributed by atoms with Gasteiger partial charge >= 0.3 is 5.97 Å². The summed E-state index contributed by atoms with van der Waals surface area (Å²) in [6, 6.07) is 6.47. The number of benzene rings is 1. The fourth-order valence-corrected chi connectivity index (χ4v) is 1.84. The van der Waals surface area contributed by atoms with E-state index in [9.17, 15) is 9.59 Å². The minimum atomic E-state index is -0.950. The summed E-state index contributed by atoms with van der Waals surface area (Å²) >= 11 is 0. The molecule has 0 radical (unpaired) electrons. The van der Waals surface area contributed by atoms with Crippen molar-refractivity contribution in [3.05, 3.63) is 35.4 Å². The van der Waals surface area contributed by atoms with Crippen LogP contribution in [0, 0.1) is 5.92 Å². The number of amides is 1. The first-order chi connectivity index (χ1) is 8.66. The number of carboxylic acid groups (broad SMARTS) is 1. The van der Waals surface area contributed by atoms with Crippen LogP contribution in [0.5, 0.6) is 0 Å². The Labute approximate surface area is 105 Å². The van der Waals surface area contributed by atoms with Gasteiger partial charge in [-0.3, -0.25) is 4.79 Å². The Morgan fingerprint density at radius 2 is 2.06 bits per heavy atom. The molecule has 0 aromatic heterocycles. The molecule has 96 valence electrons. The van der Waals surface area contributed by atoms with Gasteiger partial charge in [0.05, 0.1) is 18.1 Å². The Morgan fingerprint density at radius 3 is 2.61 bits per heavy atom. The fourth-order valence-electron chi connectivity index (χ4n) is 1.84.